The van der Waals surface area contributed by atoms with Crippen molar-refractivity contribution < 1.29 is 10.0 Å². The van der Waals surface area contributed by atoms with Crippen molar-refractivity contribution in [1.29, 1.82) is 5.26 Å². The van der Waals surface area contributed by atoms with Crippen LogP contribution >= 0.6 is 0 Å². The summed E-state index contributed by atoms with van der Waals surface area (Å²) in [7, 11) is 0. The van der Waals surface area contributed by atoms with Gasteiger partial charge in [-0.05, 0) is 12.1 Å². The summed E-state index contributed by atoms with van der Waals surface area (Å²) < 4.78 is 1.25. The van der Waals surface area contributed by atoms with E-state index in [1.54, 1.807) is 0 Å². The van der Waals surface area contributed by atoms with Gasteiger partial charge in [0.05, 0.1) is 28.4 Å². The van der Waals surface area contributed by atoms with E-state index in [2.05, 4.69) is 10.3 Å². The minimum absolute atomic E-state index is 0.0752. The molecule has 0 atom stereocenters. The first-order chi connectivity index (χ1) is 9.15. The second kappa shape index (κ2) is 5.24. The zero-order valence-corrected chi connectivity index (χ0v) is 9.72. The molecule has 0 aliphatic heterocycles. The maximum absolute atomic E-state index is 11.0. The van der Waals surface area contributed by atoms with E-state index in [0.29, 0.717) is 12.1 Å². The van der Waals surface area contributed by atoms with Crippen molar-refractivity contribution >= 4 is 5.69 Å². The molecule has 1 N–H and O–H groups in total. The lowest BCUT2D eigenvalue weighted by molar-refractivity contribution is -0.384. The third-order valence-electron chi connectivity index (χ3n) is 2.46. The Kier molecular flexibility index (Phi) is 3.49. The van der Waals surface area contributed by atoms with Gasteiger partial charge in [-0.15, -0.1) is 5.10 Å². The van der Waals surface area contributed by atoms with Crippen LogP contribution in [0.2, 0.25) is 0 Å². The SMILES string of the molecule is N#Cc1ccc(-n2cc(CCO)nn2)c([N+](=O)[O-])c1. The van der Waals surface area contributed by atoms with Crippen molar-refractivity contribution in [1.82, 2.24) is 15.0 Å². The molecule has 8 nitrogen and oxygen atoms in total. The highest BCUT2D eigenvalue weighted by Crippen LogP contribution is 2.23. The highest BCUT2D eigenvalue weighted by Gasteiger charge is 2.17. The normalized spacial score (nSPS) is 10.1. The van der Waals surface area contributed by atoms with Crippen LogP contribution in [0.4, 0.5) is 5.69 Å². The van der Waals surface area contributed by atoms with Crippen molar-refractivity contribution in [3.63, 3.8) is 0 Å². The smallest absolute Gasteiger partial charge is 0.296 e. The lowest BCUT2D eigenvalue weighted by Crippen LogP contribution is -2.01. The number of hydrogen-bond acceptors (Lipinski definition) is 6. The molecule has 1 aromatic heterocycles. The summed E-state index contributed by atoms with van der Waals surface area (Å²) >= 11 is 0. The molecule has 19 heavy (non-hydrogen) atoms. The highest BCUT2D eigenvalue weighted by atomic mass is 16.6. The number of benzene rings is 1. The molecule has 1 heterocycles. The van der Waals surface area contributed by atoms with Gasteiger partial charge in [-0.25, -0.2) is 4.68 Å². The Balaban J connectivity index is 2.48. The van der Waals surface area contributed by atoms with Gasteiger partial charge in [0.1, 0.15) is 5.69 Å². The molecule has 0 aliphatic rings. The van der Waals surface area contributed by atoms with Gasteiger partial charge in [0.2, 0.25) is 0 Å². The number of nitro benzene ring substituents is 1. The molecule has 8 heteroatoms. The van der Waals surface area contributed by atoms with Gasteiger partial charge in [0.15, 0.2) is 0 Å². The van der Waals surface area contributed by atoms with E-state index in [9.17, 15) is 10.1 Å². The van der Waals surface area contributed by atoms with Crippen molar-refractivity contribution in [3.8, 4) is 11.8 Å². The third-order valence-corrected chi connectivity index (χ3v) is 2.46. The molecule has 0 fully saturated rings. The zero-order chi connectivity index (χ0) is 13.8. The number of nitrogens with zero attached hydrogens (tertiary/aromatic N) is 5. The molecule has 0 radical (unpaired) electrons. The molecule has 0 saturated carbocycles. The van der Waals surface area contributed by atoms with Crippen LogP contribution in [0.3, 0.4) is 0 Å². The first-order valence-corrected chi connectivity index (χ1v) is 5.36. The van der Waals surface area contributed by atoms with Gasteiger partial charge < -0.3 is 5.11 Å². The summed E-state index contributed by atoms with van der Waals surface area (Å²) in [6, 6.07) is 5.93. The fourth-order valence-electron chi connectivity index (χ4n) is 1.58. The van der Waals surface area contributed by atoms with Gasteiger partial charge in [0, 0.05) is 19.1 Å². The molecular weight excluding hydrogens is 250 g/mol. The van der Waals surface area contributed by atoms with E-state index in [1.807, 2.05) is 6.07 Å². The van der Waals surface area contributed by atoms with E-state index in [0.717, 1.165) is 0 Å². The fraction of sp³-hybridized carbons (Fsp3) is 0.182. The van der Waals surface area contributed by atoms with Crippen LogP contribution in [0.1, 0.15) is 11.3 Å². The van der Waals surface area contributed by atoms with Gasteiger partial charge in [-0.3, -0.25) is 10.1 Å². The van der Waals surface area contributed by atoms with Crippen LogP contribution in [-0.2, 0) is 6.42 Å². The summed E-state index contributed by atoms with van der Waals surface area (Å²) in [5.74, 6) is 0. The number of aliphatic hydroxyl groups is 1. The predicted molar refractivity (Wildman–Crippen MR) is 63.5 cm³/mol. The molecule has 0 amide bonds. The summed E-state index contributed by atoms with van der Waals surface area (Å²) in [6.07, 6.45) is 1.83. The molecule has 0 spiro atoms. The van der Waals surface area contributed by atoms with Crippen molar-refractivity contribution in [2.75, 3.05) is 6.61 Å². The number of rotatable bonds is 4. The van der Waals surface area contributed by atoms with E-state index in [-0.39, 0.29) is 23.5 Å². The minimum Gasteiger partial charge on any atom is -0.396 e. The molecule has 0 saturated heterocycles. The van der Waals surface area contributed by atoms with Gasteiger partial charge in [-0.2, -0.15) is 5.26 Å². The van der Waals surface area contributed by atoms with E-state index >= 15 is 0 Å². The van der Waals surface area contributed by atoms with Crippen LogP contribution in [0, 0.1) is 21.4 Å². The van der Waals surface area contributed by atoms with Gasteiger partial charge in [-0.1, -0.05) is 5.21 Å². The molecule has 0 unspecified atom stereocenters. The fourth-order valence-corrected chi connectivity index (χ4v) is 1.58. The van der Waals surface area contributed by atoms with Crippen LogP contribution in [0.15, 0.2) is 24.4 Å². The molecule has 2 rings (SSSR count). The quantitative estimate of drug-likeness (QED) is 0.633. The van der Waals surface area contributed by atoms with Gasteiger partial charge in [0.25, 0.3) is 5.69 Å². The Morgan fingerprint density at radius 2 is 2.32 bits per heavy atom. The number of nitriles is 1. The Bertz CT molecular complexity index is 659. The van der Waals surface area contributed by atoms with E-state index in [4.69, 9.17) is 10.4 Å². The molecule has 0 bridgehead atoms. The summed E-state index contributed by atoms with van der Waals surface area (Å²) in [4.78, 5) is 10.4. The Labute approximate surface area is 107 Å². The van der Waals surface area contributed by atoms with Crippen LogP contribution < -0.4 is 0 Å². The van der Waals surface area contributed by atoms with Crippen molar-refractivity contribution in [2.24, 2.45) is 0 Å². The zero-order valence-electron chi connectivity index (χ0n) is 9.72. The third kappa shape index (κ3) is 2.56. The van der Waals surface area contributed by atoms with Crippen molar-refractivity contribution in [3.05, 3.63) is 45.8 Å². The summed E-state index contributed by atoms with van der Waals surface area (Å²) in [6.45, 7) is -0.0752. The Hall–Kier alpha value is -2.79. The highest BCUT2D eigenvalue weighted by molar-refractivity contribution is 5.55. The summed E-state index contributed by atoms with van der Waals surface area (Å²) in [5, 5.41) is 36.1. The van der Waals surface area contributed by atoms with E-state index < -0.39 is 4.92 Å². The van der Waals surface area contributed by atoms with Gasteiger partial charge >= 0.3 is 0 Å². The molecule has 96 valence electrons. The Morgan fingerprint density at radius 1 is 1.53 bits per heavy atom. The number of nitro groups is 1. The minimum atomic E-state index is -0.580. The number of aromatic nitrogens is 3. The monoisotopic (exact) mass is 259 g/mol. The van der Waals surface area contributed by atoms with Crippen LogP contribution in [0.25, 0.3) is 5.69 Å². The van der Waals surface area contributed by atoms with E-state index in [1.165, 1.54) is 29.1 Å². The second-order valence-corrected chi connectivity index (χ2v) is 3.70. The standard InChI is InChI=1S/C11H9N5O3/c12-6-8-1-2-10(11(5-8)16(18)19)15-7-9(3-4-17)13-14-15/h1-2,5,7,17H,3-4H2. The Morgan fingerprint density at radius 3 is 2.95 bits per heavy atom. The number of hydrogen-bond donors (Lipinski definition) is 1. The average molecular weight is 259 g/mol. The van der Waals surface area contributed by atoms with Crippen LogP contribution in [0.5, 0.6) is 0 Å². The van der Waals surface area contributed by atoms with Crippen molar-refractivity contribution in [2.45, 2.75) is 6.42 Å². The first-order valence-electron chi connectivity index (χ1n) is 5.36. The maximum atomic E-state index is 11.0. The average Bonchev–Trinajstić information content (AvgIpc) is 2.87. The first kappa shape index (κ1) is 12.7. The molecule has 2 aromatic rings. The lowest BCUT2D eigenvalue weighted by Gasteiger charge is -2.01. The molecule has 0 aliphatic carbocycles. The molecular formula is C11H9N5O3. The van der Waals surface area contributed by atoms with Crippen LogP contribution in [-0.4, -0.2) is 31.6 Å². The predicted octanol–water partition coefficient (Wildman–Crippen LogP) is 0.582. The summed E-state index contributed by atoms with van der Waals surface area (Å²) in [5.41, 5.74) is 0.729. The molecule has 1 aromatic carbocycles. The second-order valence-electron chi connectivity index (χ2n) is 3.70. The lowest BCUT2D eigenvalue weighted by atomic mass is 10.2. The maximum Gasteiger partial charge on any atom is 0.296 e. The number of aliphatic hydroxyl groups excluding tert-OH is 1. The topological polar surface area (TPSA) is 118 Å². The largest absolute Gasteiger partial charge is 0.396 e.